The van der Waals surface area contributed by atoms with Crippen molar-refractivity contribution in [2.24, 2.45) is 5.73 Å². The number of hydrogen-bond donors (Lipinski definition) is 2. The lowest BCUT2D eigenvalue weighted by molar-refractivity contribution is 0.562. The van der Waals surface area contributed by atoms with Crippen LogP contribution in [0.3, 0.4) is 0 Å². The topological polar surface area (TPSA) is 41.8 Å². The van der Waals surface area contributed by atoms with Gasteiger partial charge in [0.1, 0.15) is 0 Å². The normalized spacial score (nSPS) is 20.0. The Bertz CT molecular complexity index is 525. The maximum Gasteiger partial charge on any atom is 0.0491 e. The standard InChI is InChI=1S/C14H18N2/c1-2-9-5-3-6-10-11-7-4-8-12(15)14(11)16-13(9)10/h3,5-6,12,16H,2,4,7-8,15H2,1H3. The smallest absolute Gasteiger partial charge is 0.0491 e. The average Bonchev–Trinajstić information content (AvgIpc) is 2.69. The molecule has 0 bridgehead atoms. The average molecular weight is 214 g/mol. The summed E-state index contributed by atoms with van der Waals surface area (Å²) in [5.41, 5.74) is 11.6. The molecule has 0 saturated heterocycles. The van der Waals surface area contributed by atoms with Crippen molar-refractivity contribution in [1.29, 1.82) is 0 Å². The minimum atomic E-state index is 0.209. The Morgan fingerprint density at radius 2 is 2.31 bits per heavy atom. The molecule has 1 aliphatic carbocycles. The summed E-state index contributed by atoms with van der Waals surface area (Å²) in [6.07, 6.45) is 4.58. The van der Waals surface area contributed by atoms with E-state index in [1.54, 1.807) is 0 Å². The molecule has 0 radical (unpaired) electrons. The summed E-state index contributed by atoms with van der Waals surface area (Å²) in [5, 5.41) is 1.39. The molecule has 84 valence electrons. The number of nitrogens with one attached hydrogen (secondary N) is 1. The molecular weight excluding hydrogens is 196 g/mol. The predicted molar refractivity (Wildman–Crippen MR) is 67.5 cm³/mol. The molecule has 1 unspecified atom stereocenters. The first-order chi connectivity index (χ1) is 7.81. The van der Waals surface area contributed by atoms with Gasteiger partial charge in [-0.2, -0.15) is 0 Å². The fourth-order valence-corrected chi connectivity index (χ4v) is 2.88. The molecule has 0 saturated carbocycles. The summed E-state index contributed by atoms with van der Waals surface area (Å²) in [5.74, 6) is 0. The molecule has 2 nitrogen and oxygen atoms in total. The van der Waals surface area contributed by atoms with E-state index in [0.717, 1.165) is 12.8 Å². The molecule has 1 atom stereocenters. The minimum absolute atomic E-state index is 0.209. The van der Waals surface area contributed by atoms with Crippen LogP contribution in [0.25, 0.3) is 10.9 Å². The van der Waals surface area contributed by atoms with Gasteiger partial charge in [-0.05, 0) is 36.8 Å². The Labute approximate surface area is 95.8 Å². The van der Waals surface area contributed by atoms with E-state index in [1.165, 1.54) is 40.6 Å². The lowest BCUT2D eigenvalue weighted by atomic mass is 9.92. The Balaban J connectivity index is 2.31. The van der Waals surface area contributed by atoms with Crippen molar-refractivity contribution in [3.8, 4) is 0 Å². The number of H-pyrrole nitrogens is 1. The van der Waals surface area contributed by atoms with Crippen LogP contribution in [0.15, 0.2) is 18.2 Å². The zero-order chi connectivity index (χ0) is 11.1. The van der Waals surface area contributed by atoms with Gasteiger partial charge in [-0.15, -0.1) is 0 Å². The van der Waals surface area contributed by atoms with Gasteiger partial charge in [-0.3, -0.25) is 0 Å². The maximum absolute atomic E-state index is 6.17. The molecule has 2 heteroatoms. The Morgan fingerprint density at radius 1 is 1.44 bits per heavy atom. The second-order valence-corrected chi connectivity index (χ2v) is 4.71. The Kier molecular flexibility index (Phi) is 2.25. The van der Waals surface area contributed by atoms with E-state index < -0.39 is 0 Å². The number of fused-ring (bicyclic) bond motifs is 3. The number of aromatic amines is 1. The van der Waals surface area contributed by atoms with Gasteiger partial charge in [0, 0.05) is 22.6 Å². The highest BCUT2D eigenvalue weighted by molar-refractivity contribution is 5.87. The number of aromatic nitrogens is 1. The SMILES string of the molecule is CCc1cccc2c3c([nH]c12)C(N)CCC3. The Morgan fingerprint density at radius 3 is 3.12 bits per heavy atom. The van der Waals surface area contributed by atoms with E-state index in [9.17, 15) is 0 Å². The molecule has 0 spiro atoms. The van der Waals surface area contributed by atoms with Gasteiger partial charge in [0.2, 0.25) is 0 Å². The molecule has 0 aliphatic heterocycles. The summed E-state index contributed by atoms with van der Waals surface area (Å²) in [7, 11) is 0. The summed E-state index contributed by atoms with van der Waals surface area (Å²) in [6.45, 7) is 2.20. The van der Waals surface area contributed by atoms with Crippen molar-refractivity contribution in [1.82, 2.24) is 4.98 Å². The second kappa shape index (κ2) is 3.63. The largest absolute Gasteiger partial charge is 0.357 e. The third-order valence-corrected chi connectivity index (χ3v) is 3.75. The minimum Gasteiger partial charge on any atom is -0.357 e. The van der Waals surface area contributed by atoms with Gasteiger partial charge >= 0.3 is 0 Å². The fraction of sp³-hybridized carbons (Fsp3) is 0.429. The van der Waals surface area contributed by atoms with Crippen LogP contribution in [-0.2, 0) is 12.8 Å². The molecule has 1 aliphatic rings. The van der Waals surface area contributed by atoms with Gasteiger partial charge in [-0.25, -0.2) is 0 Å². The summed E-state index contributed by atoms with van der Waals surface area (Å²) < 4.78 is 0. The van der Waals surface area contributed by atoms with E-state index in [2.05, 4.69) is 30.1 Å². The van der Waals surface area contributed by atoms with Crippen LogP contribution < -0.4 is 5.73 Å². The highest BCUT2D eigenvalue weighted by Gasteiger charge is 2.21. The first-order valence-electron chi connectivity index (χ1n) is 6.19. The molecule has 0 fully saturated rings. The molecular formula is C14H18N2. The van der Waals surface area contributed by atoms with Crippen LogP contribution in [0.1, 0.15) is 42.6 Å². The molecule has 3 N–H and O–H groups in total. The summed E-state index contributed by atoms with van der Waals surface area (Å²) in [6, 6.07) is 6.80. The molecule has 1 aromatic carbocycles. The molecule has 1 aromatic heterocycles. The van der Waals surface area contributed by atoms with Crippen LogP contribution in [0, 0.1) is 0 Å². The van der Waals surface area contributed by atoms with Crippen molar-refractivity contribution in [2.45, 2.75) is 38.6 Å². The summed E-state index contributed by atoms with van der Waals surface area (Å²) in [4.78, 5) is 3.56. The second-order valence-electron chi connectivity index (χ2n) is 4.71. The van der Waals surface area contributed by atoms with Crippen LogP contribution in [0.4, 0.5) is 0 Å². The first-order valence-corrected chi connectivity index (χ1v) is 6.19. The molecule has 0 amide bonds. The highest BCUT2D eigenvalue weighted by Crippen LogP contribution is 2.34. The number of rotatable bonds is 1. The molecule has 16 heavy (non-hydrogen) atoms. The van der Waals surface area contributed by atoms with Gasteiger partial charge in [0.05, 0.1) is 0 Å². The molecule has 1 heterocycles. The number of aryl methyl sites for hydroxylation is 2. The third kappa shape index (κ3) is 1.30. The highest BCUT2D eigenvalue weighted by atomic mass is 14.8. The van der Waals surface area contributed by atoms with Gasteiger partial charge in [0.15, 0.2) is 0 Å². The van der Waals surface area contributed by atoms with Crippen LogP contribution >= 0.6 is 0 Å². The van der Waals surface area contributed by atoms with E-state index >= 15 is 0 Å². The zero-order valence-electron chi connectivity index (χ0n) is 9.72. The molecule has 3 rings (SSSR count). The predicted octanol–water partition coefficient (Wildman–Crippen LogP) is 3.07. The number of para-hydroxylation sites is 1. The third-order valence-electron chi connectivity index (χ3n) is 3.75. The number of benzene rings is 1. The van der Waals surface area contributed by atoms with Gasteiger partial charge in [0.25, 0.3) is 0 Å². The van der Waals surface area contributed by atoms with Crippen molar-refractivity contribution in [2.75, 3.05) is 0 Å². The van der Waals surface area contributed by atoms with Gasteiger partial charge < -0.3 is 10.7 Å². The van der Waals surface area contributed by atoms with E-state index in [4.69, 9.17) is 5.73 Å². The number of nitrogens with two attached hydrogens (primary N) is 1. The van der Waals surface area contributed by atoms with E-state index in [0.29, 0.717) is 0 Å². The molecule has 2 aromatic rings. The van der Waals surface area contributed by atoms with Crippen molar-refractivity contribution in [3.63, 3.8) is 0 Å². The van der Waals surface area contributed by atoms with Crippen LogP contribution in [-0.4, -0.2) is 4.98 Å². The van der Waals surface area contributed by atoms with Gasteiger partial charge in [-0.1, -0.05) is 25.1 Å². The van der Waals surface area contributed by atoms with E-state index in [1.807, 2.05) is 0 Å². The summed E-state index contributed by atoms with van der Waals surface area (Å²) >= 11 is 0. The van der Waals surface area contributed by atoms with Crippen LogP contribution in [0.2, 0.25) is 0 Å². The lowest BCUT2D eigenvalue weighted by Crippen LogP contribution is -2.16. The van der Waals surface area contributed by atoms with E-state index in [-0.39, 0.29) is 6.04 Å². The van der Waals surface area contributed by atoms with Crippen LogP contribution in [0.5, 0.6) is 0 Å². The fourth-order valence-electron chi connectivity index (χ4n) is 2.88. The van der Waals surface area contributed by atoms with Crippen molar-refractivity contribution < 1.29 is 0 Å². The monoisotopic (exact) mass is 214 g/mol. The number of hydrogen-bond acceptors (Lipinski definition) is 1. The first kappa shape index (κ1) is 9.91. The lowest BCUT2D eigenvalue weighted by Gasteiger charge is -2.18. The maximum atomic E-state index is 6.17. The van der Waals surface area contributed by atoms with Crippen molar-refractivity contribution in [3.05, 3.63) is 35.0 Å². The van der Waals surface area contributed by atoms with Crippen molar-refractivity contribution >= 4 is 10.9 Å². The zero-order valence-corrected chi connectivity index (χ0v) is 9.72. The Hall–Kier alpha value is -1.28. The quantitative estimate of drug-likeness (QED) is 0.752.